The fraction of sp³-hybridized carbons (Fsp3) is 0.412. The minimum absolute atomic E-state index is 0.0812. The third-order valence-corrected chi connectivity index (χ3v) is 3.81. The van der Waals surface area contributed by atoms with Crippen molar-refractivity contribution in [3.8, 4) is 0 Å². The maximum absolute atomic E-state index is 12.2. The maximum Gasteiger partial charge on any atom is 0.422 e. The van der Waals surface area contributed by atoms with Crippen LogP contribution in [0.15, 0.2) is 34.7 Å². The second kappa shape index (κ2) is 8.11. The molecule has 0 unspecified atom stereocenters. The van der Waals surface area contributed by atoms with Gasteiger partial charge in [-0.3, -0.25) is 4.79 Å². The van der Waals surface area contributed by atoms with Crippen LogP contribution in [0, 0.1) is 0 Å². The van der Waals surface area contributed by atoms with E-state index in [1.54, 1.807) is 14.0 Å². The number of hydrogen-bond donors (Lipinski definition) is 1. The highest BCUT2D eigenvalue weighted by Crippen LogP contribution is 2.26. The van der Waals surface area contributed by atoms with Crippen molar-refractivity contribution in [3.63, 3.8) is 0 Å². The topological polar surface area (TPSA) is 71.8 Å². The van der Waals surface area contributed by atoms with E-state index in [9.17, 15) is 22.8 Å². The number of alkyl halides is 3. The van der Waals surface area contributed by atoms with E-state index >= 15 is 0 Å². The van der Waals surface area contributed by atoms with Crippen molar-refractivity contribution in [2.24, 2.45) is 0 Å². The van der Waals surface area contributed by atoms with Crippen molar-refractivity contribution in [1.82, 2.24) is 10.2 Å². The Bertz CT molecular complexity index is 740. The van der Waals surface area contributed by atoms with Gasteiger partial charge < -0.3 is 19.4 Å². The van der Waals surface area contributed by atoms with E-state index in [0.29, 0.717) is 11.3 Å². The number of halogens is 3. The average molecular weight is 372 g/mol. The van der Waals surface area contributed by atoms with Gasteiger partial charge >= 0.3 is 12.3 Å². The van der Waals surface area contributed by atoms with Crippen LogP contribution in [0.4, 0.5) is 18.0 Å². The summed E-state index contributed by atoms with van der Waals surface area (Å²) in [5, 5.41) is 3.03. The summed E-state index contributed by atoms with van der Waals surface area (Å²) in [5.41, 5.74) is 0.712. The highest BCUT2D eigenvalue weighted by Gasteiger charge is 2.29. The Morgan fingerprint density at radius 3 is 2.65 bits per heavy atom. The van der Waals surface area contributed by atoms with E-state index in [0.717, 1.165) is 5.39 Å². The number of fused-ring (bicyclic) bond motifs is 1. The predicted octanol–water partition coefficient (Wildman–Crippen LogP) is 3.63. The number of alkyl carbamates (subject to hydrolysis) is 1. The van der Waals surface area contributed by atoms with Gasteiger partial charge in [0.15, 0.2) is 6.61 Å². The summed E-state index contributed by atoms with van der Waals surface area (Å²) in [6.07, 6.45) is -5.89. The first-order valence-corrected chi connectivity index (χ1v) is 7.89. The average Bonchev–Trinajstić information content (AvgIpc) is 3.02. The number of hydrogen-bond acceptors (Lipinski definition) is 4. The van der Waals surface area contributed by atoms with Gasteiger partial charge in [-0.1, -0.05) is 18.2 Å². The number of carbonyl (C=O) groups is 2. The molecule has 0 bridgehead atoms. The second-order valence-corrected chi connectivity index (χ2v) is 5.74. The monoisotopic (exact) mass is 372 g/mol. The number of carbonyl (C=O) groups excluding carboxylic acids is 2. The van der Waals surface area contributed by atoms with E-state index < -0.39 is 18.9 Å². The number of nitrogens with zero attached hydrogens (tertiary/aromatic N) is 1. The molecule has 0 fully saturated rings. The fourth-order valence-corrected chi connectivity index (χ4v) is 2.26. The number of para-hydroxylation sites is 1. The fourth-order valence-electron chi connectivity index (χ4n) is 2.26. The molecule has 0 aliphatic heterocycles. The van der Waals surface area contributed by atoms with Crippen LogP contribution in [0.1, 0.15) is 25.1 Å². The molecule has 0 radical (unpaired) electrons. The van der Waals surface area contributed by atoms with Crippen molar-refractivity contribution in [3.05, 3.63) is 36.1 Å². The molecule has 142 valence electrons. The normalized spacial score (nSPS) is 12.7. The molecule has 0 aliphatic rings. The largest absolute Gasteiger partial charge is 0.459 e. The summed E-state index contributed by atoms with van der Waals surface area (Å²) in [4.78, 5) is 24.8. The first kappa shape index (κ1) is 19.6. The molecule has 26 heavy (non-hydrogen) atoms. The second-order valence-electron chi connectivity index (χ2n) is 5.74. The van der Waals surface area contributed by atoms with Gasteiger partial charge in [0.25, 0.3) is 0 Å². The van der Waals surface area contributed by atoms with E-state index in [1.165, 1.54) is 4.90 Å². The third kappa shape index (κ3) is 5.40. The molecule has 2 amide bonds. The molecule has 0 saturated carbocycles. The van der Waals surface area contributed by atoms with Crippen LogP contribution >= 0.6 is 0 Å². The van der Waals surface area contributed by atoms with Gasteiger partial charge in [-0.25, -0.2) is 4.79 Å². The molecule has 0 aliphatic carbocycles. The Kier molecular flexibility index (Phi) is 6.12. The van der Waals surface area contributed by atoms with Gasteiger partial charge in [-0.05, 0) is 19.1 Å². The molecular weight excluding hydrogens is 353 g/mol. The summed E-state index contributed by atoms with van der Waals surface area (Å²) >= 11 is 0. The van der Waals surface area contributed by atoms with Crippen molar-refractivity contribution < 1.29 is 31.9 Å². The molecule has 1 heterocycles. The molecule has 6 nitrogen and oxygen atoms in total. The van der Waals surface area contributed by atoms with Gasteiger partial charge in [0.05, 0.1) is 6.04 Å². The van der Waals surface area contributed by atoms with Crippen LogP contribution in [0.3, 0.4) is 0 Å². The zero-order valence-electron chi connectivity index (χ0n) is 14.3. The SMILES string of the molecule is C[C@@H](c1cc2ccccc2o1)N(C)C(=O)CCNC(=O)OCC(F)(F)F. The Hall–Kier alpha value is -2.71. The summed E-state index contributed by atoms with van der Waals surface area (Å²) in [6.45, 7) is -0.0108. The van der Waals surface area contributed by atoms with Crippen molar-refractivity contribution in [1.29, 1.82) is 0 Å². The van der Waals surface area contributed by atoms with Crippen LogP contribution in [0.2, 0.25) is 0 Å². The van der Waals surface area contributed by atoms with Crippen molar-refractivity contribution >= 4 is 23.0 Å². The Balaban J connectivity index is 1.82. The first-order chi connectivity index (χ1) is 12.2. The van der Waals surface area contributed by atoms with E-state index in [4.69, 9.17) is 4.42 Å². The van der Waals surface area contributed by atoms with Crippen LogP contribution in [0.5, 0.6) is 0 Å². The lowest BCUT2D eigenvalue weighted by atomic mass is 10.2. The Morgan fingerprint density at radius 2 is 2.00 bits per heavy atom. The molecule has 9 heteroatoms. The molecule has 1 aromatic carbocycles. The van der Waals surface area contributed by atoms with Crippen LogP contribution in [-0.2, 0) is 9.53 Å². The lowest BCUT2D eigenvalue weighted by molar-refractivity contribution is -0.160. The van der Waals surface area contributed by atoms with E-state index in [-0.39, 0.29) is 24.9 Å². The summed E-state index contributed by atoms with van der Waals surface area (Å²) in [7, 11) is 1.59. The molecular formula is C17H19F3N2O4. The molecule has 1 N–H and O–H groups in total. The summed E-state index contributed by atoms with van der Waals surface area (Å²) in [6, 6.07) is 8.95. The highest BCUT2D eigenvalue weighted by atomic mass is 19.4. The number of nitrogens with one attached hydrogen (secondary N) is 1. The van der Waals surface area contributed by atoms with Gasteiger partial charge in [-0.2, -0.15) is 13.2 Å². The van der Waals surface area contributed by atoms with Gasteiger partial charge in [0.2, 0.25) is 5.91 Å². The molecule has 0 spiro atoms. The number of furan rings is 1. The molecule has 2 aromatic rings. The first-order valence-electron chi connectivity index (χ1n) is 7.89. The quantitative estimate of drug-likeness (QED) is 0.841. The summed E-state index contributed by atoms with van der Waals surface area (Å²) < 4.78 is 45.5. The predicted molar refractivity (Wildman–Crippen MR) is 87.4 cm³/mol. The lowest BCUT2D eigenvalue weighted by Crippen LogP contribution is -2.34. The number of amides is 2. The minimum atomic E-state index is -4.59. The van der Waals surface area contributed by atoms with Crippen LogP contribution in [0.25, 0.3) is 11.0 Å². The van der Waals surface area contributed by atoms with Gasteiger partial charge in [0, 0.05) is 25.4 Å². The third-order valence-electron chi connectivity index (χ3n) is 3.81. The van der Waals surface area contributed by atoms with Crippen LogP contribution < -0.4 is 5.32 Å². The number of ether oxygens (including phenoxy) is 1. The van der Waals surface area contributed by atoms with Crippen LogP contribution in [-0.4, -0.2) is 43.3 Å². The molecule has 1 aromatic heterocycles. The maximum atomic E-state index is 12.2. The standard InChI is InChI=1S/C17H19F3N2O4/c1-11(14-9-12-5-3-4-6-13(12)26-14)22(2)15(23)7-8-21-16(24)25-10-17(18,19)20/h3-6,9,11H,7-8,10H2,1-2H3,(H,21,24)/t11-/m0/s1. The lowest BCUT2D eigenvalue weighted by Gasteiger charge is -2.23. The molecule has 0 saturated heterocycles. The number of benzene rings is 1. The van der Waals surface area contributed by atoms with Crippen molar-refractivity contribution in [2.45, 2.75) is 25.6 Å². The minimum Gasteiger partial charge on any atom is -0.459 e. The highest BCUT2D eigenvalue weighted by molar-refractivity contribution is 5.79. The van der Waals surface area contributed by atoms with Crippen molar-refractivity contribution in [2.75, 3.05) is 20.2 Å². The summed E-state index contributed by atoms with van der Waals surface area (Å²) in [5.74, 6) is 0.314. The molecule has 2 rings (SSSR count). The van der Waals surface area contributed by atoms with Gasteiger partial charge in [-0.15, -0.1) is 0 Å². The van der Waals surface area contributed by atoms with Gasteiger partial charge in [0.1, 0.15) is 11.3 Å². The smallest absolute Gasteiger partial charge is 0.422 e. The van der Waals surface area contributed by atoms with E-state index in [2.05, 4.69) is 10.1 Å². The van der Waals surface area contributed by atoms with E-state index in [1.807, 2.05) is 30.3 Å². The Labute approximate surface area is 147 Å². The number of rotatable bonds is 6. The Morgan fingerprint density at radius 1 is 1.31 bits per heavy atom. The zero-order chi connectivity index (χ0) is 19.3. The molecule has 1 atom stereocenters. The zero-order valence-corrected chi connectivity index (χ0v) is 14.3.